The van der Waals surface area contributed by atoms with Gasteiger partial charge in [0.2, 0.25) is 10.0 Å². The van der Waals surface area contributed by atoms with Crippen LogP contribution in [0.4, 0.5) is 11.4 Å². The highest BCUT2D eigenvalue weighted by atomic mass is 32.2. The van der Waals surface area contributed by atoms with E-state index < -0.39 is 10.0 Å². The number of sulfonamides is 1. The molecule has 2 heterocycles. The lowest BCUT2D eigenvalue weighted by molar-refractivity contribution is 0.261. The highest BCUT2D eigenvalue weighted by molar-refractivity contribution is 7.92. The summed E-state index contributed by atoms with van der Waals surface area (Å²) in [6, 6.07) is 11.7. The fourth-order valence-corrected chi connectivity index (χ4v) is 3.59. The van der Waals surface area contributed by atoms with Gasteiger partial charge in [0.05, 0.1) is 6.26 Å². The molecule has 2 aromatic rings. The Balaban J connectivity index is 1.45. The molecule has 0 unspecified atom stereocenters. The fourth-order valence-electron chi connectivity index (χ4n) is 3.03. The van der Waals surface area contributed by atoms with Crippen molar-refractivity contribution in [2.45, 2.75) is 6.42 Å². The standard InChI is InChI=1S/C18H24N4O2S/c1-25(23,24)20-17-4-2-16(3-5-17)8-11-21-12-14-22(15-13-21)18-6-9-19-10-7-18/h2-7,9-10,20H,8,11-15H2,1H3. The Kier molecular flexibility index (Phi) is 5.55. The van der Waals surface area contributed by atoms with Crippen molar-refractivity contribution >= 4 is 21.4 Å². The highest BCUT2D eigenvalue weighted by Crippen LogP contribution is 2.16. The third-order valence-corrected chi connectivity index (χ3v) is 4.98. The van der Waals surface area contributed by atoms with Crippen LogP contribution in [0.25, 0.3) is 0 Å². The number of pyridine rings is 1. The predicted octanol–water partition coefficient (Wildman–Crippen LogP) is 1.82. The van der Waals surface area contributed by atoms with E-state index in [0.717, 1.165) is 45.4 Å². The van der Waals surface area contributed by atoms with E-state index in [1.165, 1.54) is 11.3 Å². The Morgan fingerprint density at radius 3 is 2.24 bits per heavy atom. The molecular weight excluding hydrogens is 336 g/mol. The number of hydrogen-bond donors (Lipinski definition) is 1. The second-order valence-electron chi connectivity index (χ2n) is 6.36. The molecule has 1 fully saturated rings. The van der Waals surface area contributed by atoms with Gasteiger partial charge in [0, 0.05) is 56.5 Å². The molecule has 0 spiro atoms. The molecule has 0 amide bonds. The van der Waals surface area contributed by atoms with Crippen LogP contribution in [0.5, 0.6) is 0 Å². The van der Waals surface area contributed by atoms with Gasteiger partial charge in [-0.25, -0.2) is 8.42 Å². The number of piperazine rings is 1. The zero-order valence-corrected chi connectivity index (χ0v) is 15.2. The first-order chi connectivity index (χ1) is 12.0. The number of anilines is 2. The maximum atomic E-state index is 11.2. The van der Waals surface area contributed by atoms with Crippen molar-refractivity contribution in [1.29, 1.82) is 0 Å². The second kappa shape index (κ2) is 7.84. The van der Waals surface area contributed by atoms with E-state index >= 15 is 0 Å². The topological polar surface area (TPSA) is 65.5 Å². The molecule has 0 saturated carbocycles. The smallest absolute Gasteiger partial charge is 0.229 e. The predicted molar refractivity (Wildman–Crippen MR) is 102 cm³/mol. The third-order valence-electron chi connectivity index (χ3n) is 4.37. The monoisotopic (exact) mass is 360 g/mol. The Morgan fingerprint density at radius 2 is 1.64 bits per heavy atom. The van der Waals surface area contributed by atoms with Gasteiger partial charge in [0.1, 0.15) is 0 Å². The third kappa shape index (κ3) is 5.44. The molecule has 0 radical (unpaired) electrons. The van der Waals surface area contributed by atoms with Crippen LogP contribution in [0.1, 0.15) is 5.56 Å². The van der Waals surface area contributed by atoms with Crippen LogP contribution < -0.4 is 9.62 Å². The summed E-state index contributed by atoms with van der Waals surface area (Å²) >= 11 is 0. The minimum Gasteiger partial charge on any atom is -0.369 e. The van der Waals surface area contributed by atoms with Crippen LogP contribution in [0.3, 0.4) is 0 Å². The van der Waals surface area contributed by atoms with E-state index in [4.69, 9.17) is 0 Å². The lowest BCUT2D eigenvalue weighted by Gasteiger charge is -2.36. The Hall–Kier alpha value is -2.12. The van der Waals surface area contributed by atoms with E-state index in [9.17, 15) is 8.42 Å². The molecule has 0 aliphatic carbocycles. The summed E-state index contributed by atoms with van der Waals surface area (Å²) in [5, 5.41) is 0. The van der Waals surface area contributed by atoms with E-state index in [0.29, 0.717) is 5.69 Å². The number of nitrogens with zero attached hydrogens (tertiary/aromatic N) is 3. The molecule has 1 N–H and O–H groups in total. The van der Waals surface area contributed by atoms with Gasteiger partial charge >= 0.3 is 0 Å². The number of benzene rings is 1. The summed E-state index contributed by atoms with van der Waals surface area (Å²) in [5.41, 5.74) is 3.07. The largest absolute Gasteiger partial charge is 0.369 e. The van der Waals surface area contributed by atoms with E-state index in [-0.39, 0.29) is 0 Å². The van der Waals surface area contributed by atoms with Crippen molar-refractivity contribution in [2.24, 2.45) is 0 Å². The molecule has 25 heavy (non-hydrogen) atoms. The van der Waals surface area contributed by atoms with Gasteiger partial charge in [-0.1, -0.05) is 12.1 Å². The molecule has 6 nitrogen and oxygen atoms in total. The molecular formula is C18H24N4O2S. The van der Waals surface area contributed by atoms with Crippen LogP contribution in [0.2, 0.25) is 0 Å². The van der Waals surface area contributed by atoms with Crippen LogP contribution in [-0.2, 0) is 16.4 Å². The second-order valence-corrected chi connectivity index (χ2v) is 8.10. The van der Waals surface area contributed by atoms with Crippen LogP contribution in [0, 0.1) is 0 Å². The molecule has 1 aromatic heterocycles. The SMILES string of the molecule is CS(=O)(=O)Nc1ccc(CCN2CCN(c3ccncc3)CC2)cc1. The average molecular weight is 360 g/mol. The molecule has 1 aliphatic rings. The number of nitrogens with one attached hydrogen (secondary N) is 1. The first-order valence-corrected chi connectivity index (χ1v) is 10.3. The van der Waals surface area contributed by atoms with Gasteiger partial charge in [-0.3, -0.25) is 14.6 Å². The van der Waals surface area contributed by atoms with Crippen LogP contribution in [0.15, 0.2) is 48.8 Å². The van der Waals surface area contributed by atoms with Crippen LogP contribution in [-0.4, -0.2) is 57.3 Å². The van der Waals surface area contributed by atoms with Gasteiger partial charge in [-0.15, -0.1) is 0 Å². The molecule has 1 saturated heterocycles. The van der Waals surface area contributed by atoms with E-state index in [1.54, 1.807) is 0 Å². The van der Waals surface area contributed by atoms with Crippen molar-refractivity contribution in [3.05, 3.63) is 54.4 Å². The highest BCUT2D eigenvalue weighted by Gasteiger charge is 2.16. The zero-order valence-electron chi connectivity index (χ0n) is 14.4. The average Bonchev–Trinajstić information content (AvgIpc) is 2.61. The molecule has 0 atom stereocenters. The first kappa shape index (κ1) is 17.7. The molecule has 0 bridgehead atoms. The summed E-state index contributed by atoms with van der Waals surface area (Å²) in [6.45, 7) is 5.18. The Bertz CT molecular complexity index is 770. The summed E-state index contributed by atoms with van der Waals surface area (Å²) in [4.78, 5) is 8.93. The maximum absolute atomic E-state index is 11.2. The minimum absolute atomic E-state index is 0.609. The van der Waals surface area contributed by atoms with Crippen molar-refractivity contribution in [3.63, 3.8) is 0 Å². The van der Waals surface area contributed by atoms with Crippen molar-refractivity contribution < 1.29 is 8.42 Å². The van der Waals surface area contributed by atoms with Crippen molar-refractivity contribution in [2.75, 3.05) is 48.6 Å². The van der Waals surface area contributed by atoms with Gasteiger partial charge < -0.3 is 4.90 Å². The molecule has 1 aliphatic heterocycles. The zero-order chi connectivity index (χ0) is 17.7. The lowest BCUT2D eigenvalue weighted by atomic mass is 10.1. The van der Waals surface area contributed by atoms with Crippen molar-refractivity contribution in [3.8, 4) is 0 Å². The van der Waals surface area contributed by atoms with E-state index in [2.05, 4.69) is 31.6 Å². The number of hydrogen-bond acceptors (Lipinski definition) is 5. The van der Waals surface area contributed by atoms with E-state index in [1.807, 2.05) is 36.7 Å². The summed E-state index contributed by atoms with van der Waals surface area (Å²) in [6.07, 6.45) is 5.80. The van der Waals surface area contributed by atoms with Crippen LogP contribution >= 0.6 is 0 Å². The maximum Gasteiger partial charge on any atom is 0.229 e. The van der Waals surface area contributed by atoms with Gasteiger partial charge in [-0.2, -0.15) is 0 Å². The summed E-state index contributed by atoms with van der Waals surface area (Å²) < 4.78 is 24.9. The fraction of sp³-hybridized carbons (Fsp3) is 0.389. The summed E-state index contributed by atoms with van der Waals surface area (Å²) in [7, 11) is -3.21. The van der Waals surface area contributed by atoms with Gasteiger partial charge in [0.15, 0.2) is 0 Å². The molecule has 7 heteroatoms. The number of rotatable bonds is 6. The van der Waals surface area contributed by atoms with Gasteiger partial charge in [-0.05, 0) is 36.2 Å². The Labute approximate surface area is 149 Å². The molecule has 3 rings (SSSR count). The lowest BCUT2D eigenvalue weighted by Crippen LogP contribution is -2.47. The minimum atomic E-state index is -3.21. The first-order valence-electron chi connectivity index (χ1n) is 8.44. The molecule has 134 valence electrons. The van der Waals surface area contributed by atoms with Crippen molar-refractivity contribution in [1.82, 2.24) is 9.88 Å². The normalized spacial score (nSPS) is 16.0. The quantitative estimate of drug-likeness (QED) is 0.851. The molecule has 1 aromatic carbocycles. The Morgan fingerprint density at radius 1 is 1.00 bits per heavy atom. The summed E-state index contributed by atoms with van der Waals surface area (Å²) in [5.74, 6) is 0. The number of aromatic nitrogens is 1. The van der Waals surface area contributed by atoms with Gasteiger partial charge in [0.25, 0.3) is 0 Å².